The molecule has 3 rings (SSSR count). The lowest BCUT2D eigenvalue weighted by Gasteiger charge is -2.10. The van der Waals surface area contributed by atoms with Crippen molar-refractivity contribution in [2.75, 3.05) is 18.2 Å². The van der Waals surface area contributed by atoms with Crippen LogP contribution in [0.1, 0.15) is 23.1 Å². The molecule has 12 heteroatoms. The van der Waals surface area contributed by atoms with Crippen LogP contribution in [0.5, 0.6) is 5.75 Å². The zero-order valence-corrected chi connectivity index (χ0v) is 20.1. The van der Waals surface area contributed by atoms with Crippen molar-refractivity contribution in [1.82, 2.24) is 20.1 Å². The first-order valence-electron chi connectivity index (χ1n) is 9.73. The van der Waals surface area contributed by atoms with E-state index in [0.717, 1.165) is 17.8 Å². The second-order valence-corrected chi connectivity index (χ2v) is 8.43. The van der Waals surface area contributed by atoms with Crippen LogP contribution < -0.4 is 15.4 Å². The molecule has 0 unspecified atom stereocenters. The average Bonchev–Trinajstić information content (AvgIpc) is 3.20. The first kappa shape index (κ1) is 24.6. The number of carbonyl (C=O) groups is 2. The molecule has 0 bridgehead atoms. The lowest BCUT2D eigenvalue weighted by molar-refractivity contribution is -0.113. The summed E-state index contributed by atoms with van der Waals surface area (Å²) in [5, 5.41) is 13.9. The number of aromatic nitrogens is 3. The number of ether oxygens (including phenoxy) is 1. The Morgan fingerprint density at radius 3 is 2.55 bits per heavy atom. The maximum absolute atomic E-state index is 13.9. The highest BCUT2D eigenvalue weighted by Crippen LogP contribution is 2.27. The first-order chi connectivity index (χ1) is 15.8. The molecular weight excluding hydrogens is 520 g/mol. The molecule has 2 aromatic carbocycles. The van der Waals surface area contributed by atoms with Gasteiger partial charge in [-0.2, -0.15) is 0 Å². The lowest BCUT2D eigenvalue weighted by atomic mass is 10.2. The van der Waals surface area contributed by atoms with Crippen molar-refractivity contribution in [2.24, 2.45) is 0 Å². The van der Waals surface area contributed by atoms with Crippen molar-refractivity contribution >= 4 is 45.2 Å². The normalized spacial score (nSPS) is 10.7. The van der Waals surface area contributed by atoms with Gasteiger partial charge in [0.2, 0.25) is 5.91 Å². The van der Waals surface area contributed by atoms with Gasteiger partial charge < -0.3 is 19.9 Å². The second-order valence-electron chi connectivity index (χ2n) is 6.64. The van der Waals surface area contributed by atoms with Crippen molar-refractivity contribution in [2.45, 2.75) is 25.2 Å². The number of methoxy groups -OCH3 is 1. The molecule has 0 saturated heterocycles. The summed E-state index contributed by atoms with van der Waals surface area (Å²) < 4.78 is 34.1. The molecule has 0 aliphatic carbocycles. The lowest BCUT2D eigenvalue weighted by Crippen LogP contribution is -2.24. The van der Waals surface area contributed by atoms with Crippen LogP contribution >= 0.6 is 27.7 Å². The van der Waals surface area contributed by atoms with Gasteiger partial charge in [-0.1, -0.05) is 11.8 Å². The van der Waals surface area contributed by atoms with E-state index in [1.54, 1.807) is 35.9 Å². The number of hydrogen-bond donors (Lipinski definition) is 2. The number of amides is 2. The molecule has 2 N–H and O–H groups in total. The van der Waals surface area contributed by atoms with E-state index in [2.05, 4.69) is 36.8 Å². The predicted octanol–water partition coefficient (Wildman–Crippen LogP) is 4.01. The molecule has 33 heavy (non-hydrogen) atoms. The number of benzene rings is 2. The van der Waals surface area contributed by atoms with E-state index in [0.29, 0.717) is 34.9 Å². The van der Waals surface area contributed by atoms with Gasteiger partial charge in [0.05, 0.1) is 25.1 Å². The van der Waals surface area contributed by atoms with Crippen LogP contribution in [0.2, 0.25) is 0 Å². The van der Waals surface area contributed by atoms with Gasteiger partial charge in [-0.05, 0) is 53.2 Å². The van der Waals surface area contributed by atoms with Crippen LogP contribution in [0.15, 0.2) is 46.0 Å². The van der Waals surface area contributed by atoms with Gasteiger partial charge in [0.25, 0.3) is 5.91 Å². The highest BCUT2D eigenvalue weighted by molar-refractivity contribution is 9.10. The van der Waals surface area contributed by atoms with Gasteiger partial charge in [0.15, 0.2) is 16.8 Å². The second kappa shape index (κ2) is 11.2. The molecule has 0 atom stereocenters. The molecule has 0 fully saturated rings. The Balaban J connectivity index is 1.58. The molecule has 0 saturated carbocycles. The minimum atomic E-state index is -0.883. The molecule has 0 radical (unpaired) electrons. The summed E-state index contributed by atoms with van der Waals surface area (Å²) in [6.45, 7) is 2.54. The summed E-state index contributed by atoms with van der Waals surface area (Å²) in [7, 11) is 1.55. The number of carbonyl (C=O) groups excluding carboxylic acids is 2. The standard InChI is InChI=1S/C21H20BrF2N5O3S/c1-3-29-17(10-25-20(31)12-4-6-14(32-2)7-5-12)27-28-21(29)33-11-18(30)26-19-15(22)8-13(23)9-16(19)24/h4-9H,3,10-11H2,1-2H3,(H,25,31)(H,26,30). The Bertz CT molecular complexity index is 1130. The minimum absolute atomic E-state index is 0.0698. The van der Waals surface area contributed by atoms with Crippen LogP contribution in [0.25, 0.3) is 0 Å². The number of rotatable bonds is 9. The SMILES string of the molecule is CCn1c(CNC(=O)c2ccc(OC)cc2)nnc1SCC(=O)Nc1c(F)cc(F)cc1Br. The summed E-state index contributed by atoms with van der Waals surface area (Å²) in [5.41, 5.74) is 0.338. The first-order valence-corrected chi connectivity index (χ1v) is 11.5. The molecule has 1 heterocycles. The topological polar surface area (TPSA) is 98.1 Å². The number of nitrogens with one attached hydrogen (secondary N) is 2. The third kappa shape index (κ3) is 6.29. The zero-order valence-electron chi connectivity index (χ0n) is 17.7. The van der Waals surface area contributed by atoms with E-state index in [1.807, 2.05) is 6.92 Å². The Hall–Kier alpha value is -2.99. The van der Waals surface area contributed by atoms with Gasteiger partial charge in [-0.25, -0.2) is 8.78 Å². The maximum Gasteiger partial charge on any atom is 0.251 e. The summed E-state index contributed by atoms with van der Waals surface area (Å²) in [6.07, 6.45) is 0. The Labute approximate surface area is 201 Å². The summed E-state index contributed by atoms with van der Waals surface area (Å²) in [6, 6.07) is 8.45. The number of halogens is 3. The molecule has 8 nitrogen and oxygen atoms in total. The smallest absolute Gasteiger partial charge is 0.251 e. The number of anilines is 1. The maximum atomic E-state index is 13.9. The quantitative estimate of drug-likeness (QED) is 0.399. The largest absolute Gasteiger partial charge is 0.497 e. The van der Waals surface area contributed by atoms with Crippen LogP contribution in [-0.2, 0) is 17.9 Å². The van der Waals surface area contributed by atoms with Gasteiger partial charge in [-0.15, -0.1) is 10.2 Å². The van der Waals surface area contributed by atoms with E-state index in [-0.39, 0.29) is 28.4 Å². The number of thioether (sulfide) groups is 1. The molecule has 0 spiro atoms. The third-order valence-corrected chi connectivity index (χ3v) is 6.06. The number of hydrogen-bond acceptors (Lipinski definition) is 6. The Kier molecular flexibility index (Phi) is 8.39. The summed E-state index contributed by atoms with van der Waals surface area (Å²) in [5.74, 6) is -1.30. The van der Waals surface area contributed by atoms with E-state index in [9.17, 15) is 18.4 Å². The van der Waals surface area contributed by atoms with Crippen molar-refractivity contribution in [3.05, 3.63) is 63.9 Å². The van der Waals surface area contributed by atoms with Gasteiger partial charge in [0, 0.05) is 22.6 Å². The fraction of sp³-hybridized carbons (Fsp3) is 0.238. The van der Waals surface area contributed by atoms with Crippen molar-refractivity contribution < 1.29 is 23.1 Å². The number of nitrogens with zero attached hydrogens (tertiary/aromatic N) is 3. The van der Waals surface area contributed by atoms with Crippen molar-refractivity contribution in [1.29, 1.82) is 0 Å². The molecule has 3 aromatic rings. The fourth-order valence-corrected chi connectivity index (χ4v) is 4.17. The predicted molar refractivity (Wildman–Crippen MR) is 123 cm³/mol. The molecular formula is C21H20BrF2N5O3S. The molecule has 0 aliphatic heterocycles. The van der Waals surface area contributed by atoms with E-state index in [1.165, 1.54) is 0 Å². The Morgan fingerprint density at radius 2 is 1.91 bits per heavy atom. The monoisotopic (exact) mass is 539 g/mol. The molecule has 0 aliphatic rings. The van der Waals surface area contributed by atoms with Gasteiger partial charge in [0.1, 0.15) is 11.6 Å². The highest BCUT2D eigenvalue weighted by Gasteiger charge is 2.17. The molecule has 2 amide bonds. The van der Waals surface area contributed by atoms with E-state index in [4.69, 9.17) is 4.74 Å². The molecule has 174 valence electrons. The Morgan fingerprint density at radius 1 is 1.18 bits per heavy atom. The van der Waals surface area contributed by atoms with E-state index >= 15 is 0 Å². The van der Waals surface area contributed by atoms with Gasteiger partial charge >= 0.3 is 0 Å². The van der Waals surface area contributed by atoms with Crippen molar-refractivity contribution in [3.63, 3.8) is 0 Å². The third-order valence-electron chi connectivity index (χ3n) is 4.47. The van der Waals surface area contributed by atoms with Crippen LogP contribution in [0.4, 0.5) is 14.5 Å². The van der Waals surface area contributed by atoms with Crippen LogP contribution in [0, 0.1) is 11.6 Å². The zero-order chi connectivity index (χ0) is 24.0. The van der Waals surface area contributed by atoms with Crippen LogP contribution in [0.3, 0.4) is 0 Å². The van der Waals surface area contributed by atoms with Crippen LogP contribution in [-0.4, -0.2) is 39.4 Å². The van der Waals surface area contributed by atoms with Gasteiger partial charge in [-0.3, -0.25) is 9.59 Å². The molecule has 1 aromatic heterocycles. The fourth-order valence-electron chi connectivity index (χ4n) is 2.85. The summed E-state index contributed by atoms with van der Waals surface area (Å²) in [4.78, 5) is 24.6. The van der Waals surface area contributed by atoms with Crippen molar-refractivity contribution in [3.8, 4) is 5.75 Å². The average molecular weight is 540 g/mol. The highest BCUT2D eigenvalue weighted by atomic mass is 79.9. The summed E-state index contributed by atoms with van der Waals surface area (Å²) >= 11 is 4.14. The van der Waals surface area contributed by atoms with E-state index < -0.39 is 17.5 Å². The minimum Gasteiger partial charge on any atom is -0.497 e.